The number of terminal acetylenes is 1. The molecule has 0 unspecified atom stereocenters. The third-order valence-electron chi connectivity index (χ3n) is 2.18. The van der Waals surface area contributed by atoms with E-state index in [2.05, 4.69) is 34.1 Å². The monoisotopic (exact) mass is 203 g/mol. The third-order valence-corrected chi connectivity index (χ3v) is 2.18. The molecule has 0 aliphatic heterocycles. The molecule has 15 heavy (non-hydrogen) atoms. The second-order valence-corrected chi connectivity index (χ2v) is 3.27. The van der Waals surface area contributed by atoms with Crippen LogP contribution in [0.5, 0.6) is 0 Å². The summed E-state index contributed by atoms with van der Waals surface area (Å²) in [6.45, 7) is 4.40. The van der Waals surface area contributed by atoms with Crippen molar-refractivity contribution in [1.82, 2.24) is 10.3 Å². The van der Waals surface area contributed by atoms with Gasteiger partial charge in [-0.1, -0.05) is 12.0 Å². The molecule has 3 heteroatoms. The predicted octanol–water partition coefficient (Wildman–Crippen LogP) is 1.26. The highest BCUT2D eigenvalue weighted by Crippen LogP contribution is 2.10. The van der Waals surface area contributed by atoms with Crippen LogP contribution in [-0.2, 0) is 6.54 Å². The Morgan fingerprint density at radius 2 is 2.33 bits per heavy atom. The number of aromatic nitrogens is 1. The summed E-state index contributed by atoms with van der Waals surface area (Å²) in [5.41, 5.74) is 1.18. The maximum atomic E-state index is 5.29. The topological polar surface area (TPSA) is 28.2 Å². The minimum absolute atomic E-state index is 0.606. The van der Waals surface area contributed by atoms with Crippen LogP contribution in [0, 0.1) is 12.3 Å². The van der Waals surface area contributed by atoms with E-state index in [9.17, 15) is 0 Å². The van der Waals surface area contributed by atoms with E-state index in [4.69, 9.17) is 6.42 Å². The van der Waals surface area contributed by atoms with Crippen molar-refractivity contribution in [3.05, 3.63) is 23.9 Å². The zero-order chi connectivity index (χ0) is 11.1. The van der Waals surface area contributed by atoms with E-state index in [0.717, 1.165) is 18.9 Å². The standard InChI is InChI=1S/C12H17N3/c1-4-8-15(5-2)12-7-6-11(9-13-3)10-14-12/h1,6-7,10,13H,5,8-9H2,2-3H3. The van der Waals surface area contributed by atoms with E-state index >= 15 is 0 Å². The van der Waals surface area contributed by atoms with Crippen molar-refractivity contribution in [3.63, 3.8) is 0 Å². The molecule has 0 saturated heterocycles. The molecule has 0 saturated carbocycles. The quantitative estimate of drug-likeness (QED) is 0.730. The van der Waals surface area contributed by atoms with E-state index in [1.165, 1.54) is 5.56 Å². The molecule has 0 spiro atoms. The van der Waals surface area contributed by atoms with Crippen molar-refractivity contribution in [1.29, 1.82) is 0 Å². The molecule has 0 aromatic carbocycles. The second kappa shape index (κ2) is 6.05. The molecule has 80 valence electrons. The molecule has 0 aliphatic carbocycles. The average Bonchev–Trinajstić information content (AvgIpc) is 2.28. The molecule has 1 rings (SSSR count). The van der Waals surface area contributed by atoms with Gasteiger partial charge in [0.1, 0.15) is 5.82 Å². The fourth-order valence-electron chi connectivity index (χ4n) is 1.38. The van der Waals surface area contributed by atoms with Crippen LogP contribution in [0.4, 0.5) is 5.82 Å². The summed E-state index contributed by atoms with van der Waals surface area (Å²) in [7, 11) is 1.92. The van der Waals surface area contributed by atoms with Gasteiger partial charge in [-0.3, -0.25) is 0 Å². The third kappa shape index (κ3) is 3.26. The van der Waals surface area contributed by atoms with Crippen molar-refractivity contribution < 1.29 is 0 Å². The van der Waals surface area contributed by atoms with Crippen molar-refractivity contribution >= 4 is 5.82 Å². The molecule has 1 heterocycles. The summed E-state index contributed by atoms with van der Waals surface area (Å²) in [5.74, 6) is 3.57. The Labute approximate surface area is 91.5 Å². The first-order chi connectivity index (χ1) is 7.31. The number of pyridine rings is 1. The SMILES string of the molecule is C#CCN(CC)c1ccc(CNC)cn1. The average molecular weight is 203 g/mol. The Kier molecular flexibility index (Phi) is 4.65. The summed E-state index contributed by atoms with van der Waals surface area (Å²) in [4.78, 5) is 6.44. The summed E-state index contributed by atoms with van der Waals surface area (Å²) in [5, 5.41) is 3.09. The normalized spacial score (nSPS) is 9.67. The van der Waals surface area contributed by atoms with Gasteiger partial charge < -0.3 is 10.2 Å². The highest BCUT2D eigenvalue weighted by molar-refractivity contribution is 5.40. The first kappa shape index (κ1) is 11.5. The van der Waals surface area contributed by atoms with Crippen molar-refractivity contribution in [3.8, 4) is 12.3 Å². The van der Waals surface area contributed by atoms with Crippen molar-refractivity contribution in [2.45, 2.75) is 13.5 Å². The van der Waals surface area contributed by atoms with Crippen LogP contribution in [0.1, 0.15) is 12.5 Å². The van der Waals surface area contributed by atoms with Crippen LogP contribution in [0.2, 0.25) is 0 Å². The van der Waals surface area contributed by atoms with Crippen LogP contribution in [0.3, 0.4) is 0 Å². The molecule has 0 atom stereocenters. The second-order valence-electron chi connectivity index (χ2n) is 3.27. The van der Waals surface area contributed by atoms with E-state index in [0.29, 0.717) is 6.54 Å². The lowest BCUT2D eigenvalue weighted by atomic mass is 10.3. The Hall–Kier alpha value is -1.53. The highest BCUT2D eigenvalue weighted by Gasteiger charge is 2.03. The Balaban J connectivity index is 2.73. The molecule has 0 radical (unpaired) electrons. The van der Waals surface area contributed by atoms with Gasteiger partial charge in [0.2, 0.25) is 0 Å². The Morgan fingerprint density at radius 3 is 2.80 bits per heavy atom. The van der Waals surface area contributed by atoms with Gasteiger partial charge in [0.15, 0.2) is 0 Å². The van der Waals surface area contributed by atoms with Gasteiger partial charge in [0.05, 0.1) is 6.54 Å². The maximum Gasteiger partial charge on any atom is 0.129 e. The number of anilines is 1. The zero-order valence-electron chi connectivity index (χ0n) is 9.33. The fourth-order valence-corrected chi connectivity index (χ4v) is 1.38. The molecule has 3 nitrogen and oxygen atoms in total. The maximum absolute atomic E-state index is 5.29. The van der Waals surface area contributed by atoms with Gasteiger partial charge >= 0.3 is 0 Å². The van der Waals surface area contributed by atoms with Crippen LogP contribution < -0.4 is 10.2 Å². The Bertz CT molecular complexity index is 324. The van der Waals surface area contributed by atoms with Crippen LogP contribution in [0.25, 0.3) is 0 Å². The summed E-state index contributed by atoms with van der Waals surface area (Å²) >= 11 is 0. The predicted molar refractivity (Wildman–Crippen MR) is 63.7 cm³/mol. The van der Waals surface area contributed by atoms with Gasteiger partial charge in [-0.2, -0.15) is 0 Å². The molecular weight excluding hydrogens is 186 g/mol. The van der Waals surface area contributed by atoms with E-state index in [1.807, 2.05) is 19.3 Å². The molecule has 1 aromatic heterocycles. The van der Waals surface area contributed by atoms with Gasteiger partial charge in [-0.15, -0.1) is 6.42 Å². The van der Waals surface area contributed by atoms with Crippen molar-refractivity contribution in [2.24, 2.45) is 0 Å². The number of nitrogens with one attached hydrogen (secondary N) is 1. The fraction of sp³-hybridized carbons (Fsp3) is 0.417. The van der Waals surface area contributed by atoms with Gasteiger partial charge in [-0.25, -0.2) is 4.98 Å². The van der Waals surface area contributed by atoms with E-state index in [-0.39, 0.29) is 0 Å². The minimum Gasteiger partial charge on any atom is -0.346 e. The lowest BCUT2D eigenvalue weighted by Gasteiger charge is -2.18. The minimum atomic E-state index is 0.606. The molecule has 0 fully saturated rings. The highest BCUT2D eigenvalue weighted by atomic mass is 15.2. The molecule has 1 aromatic rings. The molecule has 0 aliphatic rings. The first-order valence-electron chi connectivity index (χ1n) is 5.09. The van der Waals surface area contributed by atoms with Gasteiger partial charge in [0, 0.05) is 19.3 Å². The number of hydrogen-bond donors (Lipinski definition) is 1. The lowest BCUT2D eigenvalue weighted by molar-refractivity contribution is 0.809. The number of nitrogens with zero attached hydrogens (tertiary/aromatic N) is 2. The summed E-state index contributed by atoms with van der Waals surface area (Å²) < 4.78 is 0. The summed E-state index contributed by atoms with van der Waals surface area (Å²) in [6, 6.07) is 4.07. The first-order valence-corrected chi connectivity index (χ1v) is 5.09. The smallest absolute Gasteiger partial charge is 0.129 e. The van der Waals surface area contributed by atoms with E-state index < -0.39 is 0 Å². The Morgan fingerprint density at radius 1 is 1.53 bits per heavy atom. The van der Waals surface area contributed by atoms with Crippen LogP contribution in [-0.4, -0.2) is 25.1 Å². The molecule has 0 amide bonds. The molecule has 1 N–H and O–H groups in total. The van der Waals surface area contributed by atoms with Crippen LogP contribution >= 0.6 is 0 Å². The number of rotatable bonds is 5. The van der Waals surface area contributed by atoms with Gasteiger partial charge in [-0.05, 0) is 25.6 Å². The van der Waals surface area contributed by atoms with E-state index in [1.54, 1.807) is 0 Å². The number of hydrogen-bond acceptors (Lipinski definition) is 3. The largest absolute Gasteiger partial charge is 0.346 e. The molecular formula is C12H17N3. The molecule has 0 bridgehead atoms. The van der Waals surface area contributed by atoms with Crippen molar-refractivity contribution in [2.75, 3.05) is 25.0 Å². The van der Waals surface area contributed by atoms with Gasteiger partial charge in [0.25, 0.3) is 0 Å². The lowest BCUT2D eigenvalue weighted by Crippen LogP contribution is -2.23. The van der Waals surface area contributed by atoms with Crippen LogP contribution in [0.15, 0.2) is 18.3 Å². The zero-order valence-corrected chi connectivity index (χ0v) is 9.33. The summed E-state index contributed by atoms with van der Waals surface area (Å²) in [6.07, 6.45) is 7.17.